The van der Waals surface area contributed by atoms with Gasteiger partial charge in [-0.3, -0.25) is 4.98 Å². The van der Waals surface area contributed by atoms with Crippen molar-refractivity contribution in [1.29, 1.82) is 0 Å². The van der Waals surface area contributed by atoms with Crippen LogP contribution in [0.4, 0.5) is 14.5 Å². The molecule has 0 saturated heterocycles. The van der Waals surface area contributed by atoms with Crippen LogP contribution in [0.1, 0.15) is 5.56 Å². The molecule has 0 saturated carbocycles. The van der Waals surface area contributed by atoms with Crippen LogP contribution in [0.5, 0.6) is 0 Å². The molecule has 2 aromatic carbocycles. The van der Waals surface area contributed by atoms with Crippen LogP contribution in [0.15, 0.2) is 67.5 Å². The van der Waals surface area contributed by atoms with E-state index in [1.165, 1.54) is 12.1 Å². The van der Waals surface area contributed by atoms with Crippen molar-refractivity contribution in [2.24, 2.45) is 0 Å². The van der Waals surface area contributed by atoms with Crippen molar-refractivity contribution in [3.05, 3.63) is 84.7 Å². The van der Waals surface area contributed by atoms with E-state index in [-0.39, 0.29) is 5.56 Å². The number of anilines is 1. The van der Waals surface area contributed by atoms with Gasteiger partial charge in [-0.25, -0.2) is 13.8 Å². The van der Waals surface area contributed by atoms with E-state index in [1.807, 2.05) is 30.3 Å². The largest absolute Gasteiger partial charge is 0.355 e. The van der Waals surface area contributed by atoms with Crippen LogP contribution in [0, 0.1) is 11.6 Å². The summed E-state index contributed by atoms with van der Waals surface area (Å²) >= 11 is 1.55. The highest BCUT2D eigenvalue weighted by atomic mass is 32.1. The summed E-state index contributed by atoms with van der Waals surface area (Å²) in [5.41, 5.74) is 3.16. The lowest BCUT2D eigenvalue weighted by molar-refractivity contribution is 0.581. The van der Waals surface area contributed by atoms with Crippen LogP contribution in [0.3, 0.4) is 0 Å². The Labute approximate surface area is 152 Å². The quantitative estimate of drug-likeness (QED) is 0.503. The van der Waals surface area contributed by atoms with Crippen LogP contribution >= 0.6 is 11.3 Å². The Bertz CT molecular complexity index is 1090. The SMILES string of the molecule is C=C(Nc1cccc(-c2nc3ccncc3s2)c1)c1ccc(F)cc1F. The van der Waals surface area contributed by atoms with Gasteiger partial charge in [0.25, 0.3) is 0 Å². The van der Waals surface area contributed by atoms with Crippen molar-refractivity contribution < 1.29 is 8.78 Å². The predicted molar refractivity (Wildman–Crippen MR) is 102 cm³/mol. The van der Waals surface area contributed by atoms with E-state index >= 15 is 0 Å². The highest BCUT2D eigenvalue weighted by Gasteiger charge is 2.10. The van der Waals surface area contributed by atoms with E-state index in [0.29, 0.717) is 5.70 Å². The van der Waals surface area contributed by atoms with Crippen molar-refractivity contribution in [3.63, 3.8) is 0 Å². The smallest absolute Gasteiger partial charge is 0.135 e. The highest BCUT2D eigenvalue weighted by Crippen LogP contribution is 2.31. The zero-order valence-corrected chi connectivity index (χ0v) is 14.4. The Balaban J connectivity index is 1.62. The van der Waals surface area contributed by atoms with Crippen molar-refractivity contribution in [2.45, 2.75) is 0 Å². The molecule has 26 heavy (non-hydrogen) atoms. The first-order valence-corrected chi connectivity index (χ1v) is 8.64. The summed E-state index contributed by atoms with van der Waals surface area (Å²) in [5.74, 6) is -1.27. The molecule has 4 aromatic rings. The average Bonchev–Trinajstić information content (AvgIpc) is 3.06. The van der Waals surface area contributed by atoms with E-state index in [0.717, 1.165) is 32.5 Å². The Morgan fingerprint density at radius 1 is 1.08 bits per heavy atom. The van der Waals surface area contributed by atoms with Gasteiger partial charge in [0.2, 0.25) is 0 Å². The Hall–Kier alpha value is -3.12. The zero-order chi connectivity index (χ0) is 18.1. The lowest BCUT2D eigenvalue weighted by Gasteiger charge is -2.11. The number of nitrogens with one attached hydrogen (secondary N) is 1. The molecule has 0 spiro atoms. The standard InChI is InChI=1S/C20H13F2N3S/c1-12(16-6-5-14(21)10-17(16)22)24-15-4-2-3-13(9-15)20-25-18-7-8-23-11-19(18)26-20/h2-11,24H,1H2. The number of aromatic nitrogens is 2. The third-order valence-electron chi connectivity index (χ3n) is 3.85. The molecule has 3 nitrogen and oxygen atoms in total. The van der Waals surface area contributed by atoms with Gasteiger partial charge in [0.1, 0.15) is 16.6 Å². The average molecular weight is 365 g/mol. The first-order valence-electron chi connectivity index (χ1n) is 7.82. The number of fused-ring (bicyclic) bond motifs is 1. The molecule has 6 heteroatoms. The molecule has 0 radical (unpaired) electrons. The number of rotatable bonds is 4. The van der Waals surface area contributed by atoms with E-state index < -0.39 is 11.6 Å². The van der Waals surface area contributed by atoms with Crippen LogP contribution in [-0.4, -0.2) is 9.97 Å². The predicted octanol–water partition coefficient (Wildman–Crippen LogP) is 5.72. The maximum Gasteiger partial charge on any atom is 0.135 e. The molecule has 0 aliphatic heterocycles. The number of benzene rings is 2. The molecule has 0 bridgehead atoms. The summed E-state index contributed by atoms with van der Waals surface area (Å²) in [7, 11) is 0. The van der Waals surface area contributed by atoms with Gasteiger partial charge in [0.15, 0.2) is 0 Å². The van der Waals surface area contributed by atoms with E-state index in [1.54, 1.807) is 23.7 Å². The van der Waals surface area contributed by atoms with Crippen LogP contribution in [0.2, 0.25) is 0 Å². The summed E-state index contributed by atoms with van der Waals surface area (Å²) in [5, 5.41) is 3.94. The fourth-order valence-electron chi connectivity index (χ4n) is 2.61. The van der Waals surface area contributed by atoms with Crippen molar-refractivity contribution >= 4 is 32.9 Å². The number of halogens is 2. The van der Waals surface area contributed by atoms with Gasteiger partial charge in [-0.1, -0.05) is 18.7 Å². The maximum atomic E-state index is 13.9. The van der Waals surface area contributed by atoms with E-state index in [2.05, 4.69) is 21.9 Å². The second kappa shape index (κ2) is 6.65. The summed E-state index contributed by atoms with van der Waals surface area (Å²) in [4.78, 5) is 8.72. The molecule has 0 amide bonds. The molecule has 128 valence electrons. The second-order valence-corrected chi connectivity index (χ2v) is 6.70. The van der Waals surface area contributed by atoms with Gasteiger partial charge in [-0.05, 0) is 30.3 Å². The topological polar surface area (TPSA) is 37.8 Å². The Kier molecular flexibility index (Phi) is 4.18. The molecule has 0 unspecified atom stereocenters. The summed E-state index contributed by atoms with van der Waals surface area (Å²) < 4.78 is 28.0. The third-order valence-corrected chi connectivity index (χ3v) is 4.91. The maximum absolute atomic E-state index is 13.9. The van der Waals surface area contributed by atoms with Crippen molar-refractivity contribution in [1.82, 2.24) is 9.97 Å². The molecule has 0 aliphatic rings. The van der Waals surface area contributed by atoms with Crippen molar-refractivity contribution in [2.75, 3.05) is 5.32 Å². The lowest BCUT2D eigenvalue weighted by atomic mass is 10.1. The first kappa shape index (κ1) is 16.4. The number of hydrogen-bond acceptors (Lipinski definition) is 4. The minimum Gasteiger partial charge on any atom is -0.355 e. The minimum absolute atomic E-state index is 0.225. The minimum atomic E-state index is -0.655. The summed E-state index contributed by atoms with van der Waals surface area (Å²) in [6.45, 7) is 3.85. The van der Waals surface area contributed by atoms with Gasteiger partial charge in [0, 0.05) is 41.0 Å². The molecule has 0 aliphatic carbocycles. The third kappa shape index (κ3) is 3.19. The van der Waals surface area contributed by atoms with E-state index in [4.69, 9.17) is 0 Å². The van der Waals surface area contributed by atoms with E-state index in [9.17, 15) is 8.78 Å². The summed E-state index contributed by atoms with van der Waals surface area (Å²) in [6.07, 6.45) is 3.50. The van der Waals surface area contributed by atoms with Crippen LogP contribution in [-0.2, 0) is 0 Å². The number of hydrogen-bond donors (Lipinski definition) is 1. The lowest BCUT2D eigenvalue weighted by Crippen LogP contribution is -2.00. The molecular formula is C20H13F2N3S. The number of thiazole rings is 1. The Morgan fingerprint density at radius 2 is 1.96 bits per heavy atom. The normalized spacial score (nSPS) is 10.8. The molecule has 0 atom stereocenters. The molecule has 2 heterocycles. The molecule has 1 N–H and O–H groups in total. The van der Waals surface area contributed by atoms with Gasteiger partial charge >= 0.3 is 0 Å². The van der Waals surface area contributed by atoms with Crippen LogP contribution < -0.4 is 5.32 Å². The van der Waals surface area contributed by atoms with Gasteiger partial charge in [-0.2, -0.15) is 0 Å². The molecule has 0 fully saturated rings. The summed E-state index contributed by atoms with van der Waals surface area (Å²) in [6, 6.07) is 12.9. The monoisotopic (exact) mass is 365 g/mol. The fraction of sp³-hybridized carbons (Fsp3) is 0. The molecule has 4 rings (SSSR count). The van der Waals surface area contributed by atoms with Gasteiger partial charge in [0.05, 0.1) is 10.2 Å². The molecule has 2 aromatic heterocycles. The highest BCUT2D eigenvalue weighted by molar-refractivity contribution is 7.21. The van der Waals surface area contributed by atoms with Gasteiger partial charge in [-0.15, -0.1) is 11.3 Å². The van der Waals surface area contributed by atoms with Crippen molar-refractivity contribution in [3.8, 4) is 10.6 Å². The number of pyridine rings is 1. The molecular weight excluding hydrogens is 352 g/mol. The second-order valence-electron chi connectivity index (χ2n) is 5.67. The van der Waals surface area contributed by atoms with Gasteiger partial charge < -0.3 is 5.32 Å². The zero-order valence-electron chi connectivity index (χ0n) is 13.5. The van der Waals surface area contributed by atoms with Crippen LogP contribution in [0.25, 0.3) is 26.5 Å². The fourth-order valence-corrected chi connectivity index (χ4v) is 3.54. The number of nitrogens with zero attached hydrogens (tertiary/aromatic N) is 2. The first-order chi connectivity index (χ1) is 12.6. The Morgan fingerprint density at radius 3 is 2.77 bits per heavy atom.